The topological polar surface area (TPSA) is 20.2 Å². The van der Waals surface area contributed by atoms with Crippen molar-refractivity contribution < 1.29 is 13.2 Å². The number of hydrogen-bond acceptors (Lipinski definition) is 2. The summed E-state index contributed by atoms with van der Waals surface area (Å²) in [6, 6.07) is 4.50. The van der Waals surface area contributed by atoms with Gasteiger partial charge in [0.25, 0.3) is 0 Å². The van der Waals surface area contributed by atoms with Gasteiger partial charge in [0.15, 0.2) is 0 Å². The van der Waals surface area contributed by atoms with E-state index >= 15 is 0 Å². The first-order valence-corrected chi connectivity index (χ1v) is 8.39. The molecule has 1 aromatic carbocycles. The summed E-state index contributed by atoms with van der Waals surface area (Å²) in [5, 5.41) is 3.70. The number of rotatable bonds is 5. The lowest BCUT2D eigenvalue weighted by atomic mass is 10.0. The molecule has 6 heteroatoms. The Morgan fingerprint density at radius 3 is 2.46 bits per heavy atom. The van der Waals surface area contributed by atoms with Crippen LogP contribution in [0.25, 0.3) is 10.9 Å². The number of alkyl halides is 3. The standard InChI is InChI=1S/C18H24F3N3/c1-4-24-12(2)15(5-6-22-11-18(19,20)21)16-7-13-9-23(3)10-14(13)8-17(16)24/h7-8,22H,4-6,9-11H2,1-3H3. The van der Waals surface area contributed by atoms with Crippen molar-refractivity contribution >= 4 is 10.9 Å². The van der Waals surface area contributed by atoms with Crippen LogP contribution in [-0.4, -0.2) is 35.8 Å². The largest absolute Gasteiger partial charge is 0.401 e. The number of benzene rings is 1. The van der Waals surface area contributed by atoms with Crippen molar-refractivity contribution in [2.45, 2.75) is 46.1 Å². The van der Waals surface area contributed by atoms with Crippen LogP contribution in [0.1, 0.15) is 29.3 Å². The van der Waals surface area contributed by atoms with Crippen LogP contribution in [0.15, 0.2) is 12.1 Å². The third-order valence-corrected chi connectivity index (χ3v) is 4.85. The number of aromatic nitrogens is 1. The summed E-state index contributed by atoms with van der Waals surface area (Å²) in [6.45, 7) is 6.35. The Morgan fingerprint density at radius 2 is 1.83 bits per heavy atom. The van der Waals surface area contributed by atoms with Gasteiger partial charge < -0.3 is 9.88 Å². The zero-order chi connectivity index (χ0) is 17.5. The van der Waals surface area contributed by atoms with Crippen LogP contribution in [0, 0.1) is 6.92 Å². The third-order valence-electron chi connectivity index (χ3n) is 4.85. The molecule has 1 N–H and O–H groups in total. The van der Waals surface area contributed by atoms with E-state index in [-0.39, 0.29) is 0 Å². The van der Waals surface area contributed by atoms with Gasteiger partial charge in [-0.25, -0.2) is 0 Å². The molecule has 0 saturated carbocycles. The van der Waals surface area contributed by atoms with Gasteiger partial charge in [0, 0.05) is 36.2 Å². The quantitative estimate of drug-likeness (QED) is 0.840. The fourth-order valence-corrected chi connectivity index (χ4v) is 3.78. The molecule has 2 heterocycles. The monoisotopic (exact) mass is 339 g/mol. The summed E-state index contributed by atoms with van der Waals surface area (Å²) in [7, 11) is 2.10. The van der Waals surface area contributed by atoms with Gasteiger partial charge in [0.1, 0.15) is 0 Å². The SMILES string of the molecule is CCn1c(C)c(CCNCC(F)(F)F)c2cc3c(cc21)CN(C)C3. The number of aryl methyl sites for hydroxylation is 1. The first kappa shape index (κ1) is 17.3. The molecule has 0 spiro atoms. The Hall–Kier alpha value is -1.53. The van der Waals surface area contributed by atoms with Gasteiger partial charge in [0.05, 0.1) is 6.54 Å². The molecule has 1 aromatic heterocycles. The number of halogens is 3. The molecule has 2 aromatic rings. The summed E-state index contributed by atoms with van der Waals surface area (Å²) in [6.07, 6.45) is -3.54. The molecule has 24 heavy (non-hydrogen) atoms. The van der Waals surface area contributed by atoms with Crippen molar-refractivity contribution in [1.29, 1.82) is 0 Å². The van der Waals surface area contributed by atoms with Gasteiger partial charge >= 0.3 is 6.18 Å². The van der Waals surface area contributed by atoms with Crippen molar-refractivity contribution in [3.63, 3.8) is 0 Å². The van der Waals surface area contributed by atoms with Crippen LogP contribution >= 0.6 is 0 Å². The summed E-state index contributed by atoms with van der Waals surface area (Å²) in [5.41, 5.74) is 6.23. The molecular formula is C18H24F3N3. The normalized spacial score (nSPS) is 15.4. The van der Waals surface area contributed by atoms with E-state index in [2.05, 4.69) is 47.8 Å². The maximum Gasteiger partial charge on any atom is 0.401 e. The van der Waals surface area contributed by atoms with Crippen molar-refractivity contribution in [2.24, 2.45) is 0 Å². The molecule has 0 amide bonds. The van der Waals surface area contributed by atoms with E-state index in [0.29, 0.717) is 13.0 Å². The molecule has 0 radical (unpaired) electrons. The molecule has 0 aliphatic carbocycles. The average molecular weight is 339 g/mol. The van der Waals surface area contributed by atoms with Crippen molar-refractivity contribution in [3.8, 4) is 0 Å². The van der Waals surface area contributed by atoms with Crippen LogP contribution in [0.5, 0.6) is 0 Å². The summed E-state index contributed by atoms with van der Waals surface area (Å²) in [4.78, 5) is 2.28. The van der Waals surface area contributed by atoms with Crippen molar-refractivity contribution in [2.75, 3.05) is 20.1 Å². The molecule has 1 aliphatic rings. The number of hydrogen-bond donors (Lipinski definition) is 1. The highest BCUT2D eigenvalue weighted by atomic mass is 19.4. The minimum Gasteiger partial charge on any atom is -0.345 e. The van der Waals surface area contributed by atoms with Gasteiger partial charge in [-0.2, -0.15) is 13.2 Å². The van der Waals surface area contributed by atoms with Gasteiger partial charge in [-0.3, -0.25) is 4.90 Å². The highest BCUT2D eigenvalue weighted by molar-refractivity contribution is 5.87. The highest BCUT2D eigenvalue weighted by Gasteiger charge is 2.26. The van der Waals surface area contributed by atoms with E-state index in [4.69, 9.17) is 0 Å². The molecule has 0 atom stereocenters. The Labute approximate surface area is 140 Å². The minimum atomic E-state index is -4.15. The molecule has 132 valence electrons. The van der Waals surface area contributed by atoms with Crippen molar-refractivity contribution in [1.82, 2.24) is 14.8 Å². The van der Waals surface area contributed by atoms with Gasteiger partial charge in [0.2, 0.25) is 0 Å². The van der Waals surface area contributed by atoms with E-state index < -0.39 is 12.7 Å². The Bertz CT molecular complexity index is 746. The van der Waals surface area contributed by atoms with E-state index in [1.165, 1.54) is 33.3 Å². The summed E-state index contributed by atoms with van der Waals surface area (Å²) >= 11 is 0. The smallest absolute Gasteiger partial charge is 0.345 e. The summed E-state index contributed by atoms with van der Waals surface area (Å²) in [5.74, 6) is 0. The van der Waals surface area contributed by atoms with Crippen LogP contribution in [-0.2, 0) is 26.1 Å². The maximum atomic E-state index is 12.3. The van der Waals surface area contributed by atoms with Crippen molar-refractivity contribution in [3.05, 3.63) is 34.5 Å². The number of nitrogens with one attached hydrogen (secondary N) is 1. The highest BCUT2D eigenvalue weighted by Crippen LogP contribution is 2.32. The zero-order valence-electron chi connectivity index (χ0n) is 14.4. The van der Waals surface area contributed by atoms with Crippen LogP contribution in [0.2, 0.25) is 0 Å². The Kier molecular flexibility index (Phi) is 4.62. The molecule has 3 nitrogen and oxygen atoms in total. The fourth-order valence-electron chi connectivity index (χ4n) is 3.78. The van der Waals surface area contributed by atoms with E-state index in [1.807, 2.05) is 0 Å². The van der Waals surface area contributed by atoms with Crippen LogP contribution < -0.4 is 5.32 Å². The predicted molar refractivity (Wildman–Crippen MR) is 90.1 cm³/mol. The minimum absolute atomic E-state index is 0.333. The molecule has 3 rings (SSSR count). The van der Waals surface area contributed by atoms with Gasteiger partial charge in [-0.1, -0.05) is 0 Å². The fraction of sp³-hybridized carbons (Fsp3) is 0.556. The predicted octanol–water partition coefficient (Wildman–Crippen LogP) is 3.61. The first-order valence-electron chi connectivity index (χ1n) is 8.39. The maximum absolute atomic E-state index is 12.3. The van der Waals surface area contributed by atoms with E-state index in [1.54, 1.807) is 0 Å². The molecule has 1 aliphatic heterocycles. The number of nitrogens with zero attached hydrogens (tertiary/aromatic N) is 2. The lowest BCUT2D eigenvalue weighted by molar-refractivity contribution is -0.124. The molecular weight excluding hydrogens is 315 g/mol. The molecule has 0 unspecified atom stereocenters. The second-order valence-electron chi connectivity index (χ2n) is 6.66. The lowest BCUT2D eigenvalue weighted by Crippen LogP contribution is -2.30. The molecule has 0 saturated heterocycles. The van der Waals surface area contributed by atoms with Crippen LogP contribution in [0.4, 0.5) is 13.2 Å². The zero-order valence-corrected chi connectivity index (χ0v) is 14.4. The third kappa shape index (κ3) is 3.30. The second-order valence-corrected chi connectivity index (χ2v) is 6.66. The number of fused-ring (bicyclic) bond motifs is 2. The van der Waals surface area contributed by atoms with Gasteiger partial charge in [-0.05, 0) is 62.7 Å². The Morgan fingerprint density at radius 1 is 1.17 bits per heavy atom. The van der Waals surface area contributed by atoms with Crippen LogP contribution in [0.3, 0.4) is 0 Å². The van der Waals surface area contributed by atoms with Gasteiger partial charge in [-0.15, -0.1) is 0 Å². The Balaban J connectivity index is 1.89. The molecule has 0 bridgehead atoms. The summed E-state index contributed by atoms with van der Waals surface area (Å²) < 4.78 is 39.1. The average Bonchev–Trinajstić information content (AvgIpc) is 2.96. The second kappa shape index (κ2) is 6.41. The molecule has 0 fully saturated rings. The van der Waals surface area contributed by atoms with E-state index in [0.717, 1.165) is 19.6 Å². The van der Waals surface area contributed by atoms with E-state index in [9.17, 15) is 13.2 Å². The first-order chi connectivity index (χ1) is 11.3. The lowest BCUT2D eigenvalue weighted by Gasteiger charge is -2.09.